The zero-order valence-electron chi connectivity index (χ0n) is 18.1. The summed E-state index contributed by atoms with van der Waals surface area (Å²) in [5.41, 5.74) is -0.155. The normalized spacial score (nSPS) is 12.7. The highest BCUT2D eigenvalue weighted by Gasteiger charge is 2.50. The molecule has 154 valence electrons. The number of nitrogens with one attached hydrogen (secondary N) is 1. The van der Waals surface area contributed by atoms with Gasteiger partial charge in [0.1, 0.15) is 0 Å². The lowest BCUT2D eigenvalue weighted by atomic mass is 9.97. The van der Waals surface area contributed by atoms with Crippen molar-refractivity contribution in [2.24, 2.45) is 5.41 Å². The first-order chi connectivity index (χ1) is 13.7. The van der Waals surface area contributed by atoms with Gasteiger partial charge in [-0.25, -0.2) is 5.10 Å². The molecule has 0 radical (unpaired) electrons. The van der Waals surface area contributed by atoms with Crippen LogP contribution in [-0.2, 0) is 4.43 Å². The molecule has 0 bridgehead atoms. The summed E-state index contributed by atoms with van der Waals surface area (Å²) in [6.45, 7) is 12.4. The Bertz CT molecular complexity index is 833. The van der Waals surface area contributed by atoms with Crippen molar-refractivity contribution >= 4 is 18.7 Å². The highest BCUT2D eigenvalue weighted by atomic mass is 28.4. The summed E-state index contributed by atoms with van der Waals surface area (Å²) < 4.78 is 12.9. The average Bonchev–Trinajstić information content (AvgIpc) is 3.21. The fourth-order valence-corrected chi connectivity index (χ4v) is 8.47. The molecule has 1 heterocycles. The number of hydrogen-bond donors (Lipinski definition) is 1. The van der Waals surface area contributed by atoms with Crippen molar-refractivity contribution < 1.29 is 9.16 Å². The molecule has 3 rings (SSSR count). The van der Waals surface area contributed by atoms with Gasteiger partial charge in [0.05, 0.1) is 12.8 Å². The highest BCUT2D eigenvalue weighted by molar-refractivity contribution is 6.99. The largest absolute Gasteiger partial charge is 0.477 e. The maximum absolute atomic E-state index is 7.03. The van der Waals surface area contributed by atoms with E-state index in [0.29, 0.717) is 19.1 Å². The zero-order valence-corrected chi connectivity index (χ0v) is 19.1. The summed E-state index contributed by atoms with van der Waals surface area (Å²) >= 11 is 0. The van der Waals surface area contributed by atoms with Crippen LogP contribution in [0, 0.1) is 5.41 Å². The van der Waals surface area contributed by atoms with Gasteiger partial charge < -0.3 is 9.16 Å². The second-order valence-electron chi connectivity index (χ2n) is 9.33. The molecule has 0 amide bonds. The maximum atomic E-state index is 7.03. The minimum absolute atomic E-state index is 0.0317. The number of benzene rings is 2. The Morgan fingerprint density at radius 2 is 1.34 bits per heavy atom. The molecule has 1 aromatic heterocycles. The second kappa shape index (κ2) is 8.55. The van der Waals surface area contributed by atoms with Crippen LogP contribution in [0.25, 0.3) is 0 Å². The van der Waals surface area contributed by atoms with Crippen LogP contribution in [0.4, 0.5) is 0 Å². The van der Waals surface area contributed by atoms with E-state index in [-0.39, 0.29) is 10.5 Å². The van der Waals surface area contributed by atoms with Crippen LogP contribution in [0.3, 0.4) is 0 Å². The van der Waals surface area contributed by atoms with Gasteiger partial charge in [-0.2, -0.15) is 5.10 Å². The number of aromatic nitrogens is 2. The Morgan fingerprint density at radius 3 is 1.79 bits per heavy atom. The van der Waals surface area contributed by atoms with E-state index >= 15 is 0 Å². The minimum atomic E-state index is -2.53. The van der Waals surface area contributed by atoms with Crippen molar-refractivity contribution in [1.82, 2.24) is 10.2 Å². The van der Waals surface area contributed by atoms with Crippen molar-refractivity contribution in [3.05, 3.63) is 72.9 Å². The molecule has 0 aliphatic heterocycles. The summed E-state index contributed by atoms with van der Waals surface area (Å²) in [5.74, 6) is 0.684. The van der Waals surface area contributed by atoms with Crippen molar-refractivity contribution in [1.29, 1.82) is 0 Å². The Hall–Kier alpha value is -2.37. The van der Waals surface area contributed by atoms with Gasteiger partial charge in [-0.15, -0.1) is 0 Å². The molecular weight excluding hydrogens is 376 g/mol. The van der Waals surface area contributed by atoms with E-state index in [4.69, 9.17) is 9.16 Å². The van der Waals surface area contributed by atoms with Crippen LogP contribution in [0.2, 0.25) is 5.04 Å². The van der Waals surface area contributed by atoms with Gasteiger partial charge in [-0.3, -0.25) is 0 Å². The third-order valence-corrected chi connectivity index (χ3v) is 10.2. The molecule has 0 unspecified atom stereocenters. The first-order valence-electron chi connectivity index (χ1n) is 10.1. The number of hydrogen-bond acceptors (Lipinski definition) is 3. The van der Waals surface area contributed by atoms with Crippen LogP contribution in [0.1, 0.15) is 34.6 Å². The lowest BCUT2D eigenvalue weighted by Gasteiger charge is -2.44. The van der Waals surface area contributed by atoms with E-state index in [0.717, 1.165) is 0 Å². The van der Waals surface area contributed by atoms with Crippen LogP contribution in [0.15, 0.2) is 72.9 Å². The summed E-state index contributed by atoms with van der Waals surface area (Å²) in [6, 6.07) is 23.3. The summed E-state index contributed by atoms with van der Waals surface area (Å²) in [7, 11) is -2.53. The van der Waals surface area contributed by atoms with Gasteiger partial charge in [-0.1, -0.05) is 95.3 Å². The summed E-state index contributed by atoms with van der Waals surface area (Å²) in [6.07, 6.45) is 1.70. The molecule has 0 saturated carbocycles. The molecule has 0 aliphatic rings. The van der Waals surface area contributed by atoms with Crippen molar-refractivity contribution in [2.75, 3.05) is 13.2 Å². The number of rotatable bonds is 8. The van der Waals surface area contributed by atoms with E-state index in [1.807, 2.05) is 6.07 Å². The van der Waals surface area contributed by atoms with E-state index in [1.54, 1.807) is 6.20 Å². The fourth-order valence-electron chi connectivity index (χ4n) is 3.70. The number of H-pyrrole nitrogens is 1. The Morgan fingerprint density at radius 1 is 0.793 bits per heavy atom. The number of aromatic amines is 1. The van der Waals surface area contributed by atoms with E-state index < -0.39 is 8.32 Å². The molecule has 0 spiro atoms. The second-order valence-corrected chi connectivity index (χ2v) is 13.6. The van der Waals surface area contributed by atoms with Crippen molar-refractivity contribution in [3.63, 3.8) is 0 Å². The molecule has 29 heavy (non-hydrogen) atoms. The van der Waals surface area contributed by atoms with E-state index in [1.165, 1.54) is 10.4 Å². The lowest BCUT2D eigenvalue weighted by molar-refractivity contribution is 0.102. The third kappa shape index (κ3) is 4.79. The predicted molar refractivity (Wildman–Crippen MR) is 121 cm³/mol. The SMILES string of the molecule is CC(C)(COc1ccn[nH]1)CO[Si](c1ccccc1)(c1ccccc1)C(C)(C)C. The van der Waals surface area contributed by atoms with Crippen LogP contribution in [-0.4, -0.2) is 31.7 Å². The molecule has 1 N–H and O–H groups in total. The standard InChI is InChI=1S/C24H32N2O2Si/c1-23(2,3)29(20-12-8-6-9-13-20,21-14-10-7-11-15-21)28-19-24(4,5)18-27-22-16-17-25-26-22/h6-17H,18-19H2,1-5H3,(H,25,26). The van der Waals surface area contributed by atoms with E-state index in [9.17, 15) is 0 Å². The Kier molecular flexibility index (Phi) is 6.29. The quantitative estimate of drug-likeness (QED) is 0.562. The lowest BCUT2D eigenvalue weighted by Crippen LogP contribution is -2.67. The monoisotopic (exact) mass is 408 g/mol. The Balaban J connectivity index is 1.93. The van der Waals surface area contributed by atoms with Crippen molar-refractivity contribution in [2.45, 2.75) is 39.7 Å². The third-order valence-electron chi connectivity index (χ3n) is 5.19. The van der Waals surface area contributed by atoms with Gasteiger partial charge in [0.25, 0.3) is 8.32 Å². The van der Waals surface area contributed by atoms with Crippen LogP contribution < -0.4 is 15.1 Å². The fraction of sp³-hybridized carbons (Fsp3) is 0.375. The van der Waals surface area contributed by atoms with Crippen molar-refractivity contribution in [3.8, 4) is 5.88 Å². The smallest absolute Gasteiger partial charge is 0.261 e. The predicted octanol–water partition coefficient (Wildman–Crippen LogP) is 4.39. The Labute approximate surface area is 175 Å². The molecule has 0 fully saturated rings. The molecule has 3 aromatic rings. The molecule has 0 saturated heterocycles. The molecule has 5 heteroatoms. The van der Waals surface area contributed by atoms with Gasteiger partial charge >= 0.3 is 0 Å². The van der Waals surface area contributed by atoms with E-state index in [2.05, 4.69) is 105 Å². The van der Waals surface area contributed by atoms with Gasteiger partial charge in [0.15, 0.2) is 0 Å². The molecule has 4 nitrogen and oxygen atoms in total. The van der Waals surface area contributed by atoms with Gasteiger partial charge in [0.2, 0.25) is 5.88 Å². The summed E-state index contributed by atoms with van der Waals surface area (Å²) in [4.78, 5) is 0. The van der Waals surface area contributed by atoms with Crippen LogP contribution in [0.5, 0.6) is 5.88 Å². The zero-order chi connectivity index (χ0) is 21.0. The van der Waals surface area contributed by atoms with Crippen LogP contribution >= 0.6 is 0 Å². The number of ether oxygens (including phenoxy) is 1. The van der Waals surface area contributed by atoms with Gasteiger partial charge in [-0.05, 0) is 15.4 Å². The molecule has 0 aliphatic carbocycles. The highest BCUT2D eigenvalue weighted by Crippen LogP contribution is 2.37. The first-order valence-corrected chi connectivity index (χ1v) is 12.0. The first kappa shape index (κ1) is 21.3. The molecular formula is C24H32N2O2Si. The summed E-state index contributed by atoms with van der Waals surface area (Å²) in [5, 5.41) is 9.36. The minimum Gasteiger partial charge on any atom is -0.477 e. The average molecular weight is 409 g/mol. The topological polar surface area (TPSA) is 47.1 Å². The molecule has 0 atom stereocenters. The molecule has 2 aromatic carbocycles. The maximum Gasteiger partial charge on any atom is 0.261 e. The number of nitrogens with zero attached hydrogens (tertiary/aromatic N) is 1. The van der Waals surface area contributed by atoms with Gasteiger partial charge in [0, 0.05) is 18.1 Å².